The second-order valence-electron chi connectivity index (χ2n) is 6.44. The van der Waals surface area contributed by atoms with Gasteiger partial charge in [-0.3, -0.25) is 0 Å². The fraction of sp³-hybridized carbons (Fsp3) is 0.625. The molecule has 1 aromatic rings. The molecule has 1 aromatic heterocycles. The maximum absolute atomic E-state index is 12.0. The Morgan fingerprint density at radius 1 is 1.35 bits per heavy atom. The SMILES string of the molecule is COCc1ccc(C(=O)O[C@H]2CCN(C(=O)OC(C)(C)C)C2)o1. The normalized spacial score (nSPS) is 18.1. The quantitative estimate of drug-likeness (QED) is 0.792. The highest BCUT2D eigenvalue weighted by Crippen LogP contribution is 2.19. The highest BCUT2D eigenvalue weighted by atomic mass is 16.6. The van der Waals surface area contributed by atoms with E-state index in [1.54, 1.807) is 24.1 Å². The number of hydrogen-bond acceptors (Lipinski definition) is 6. The molecule has 7 heteroatoms. The van der Waals surface area contributed by atoms with Crippen molar-refractivity contribution in [1.82, 2.24) is 4.90 Å². The number of esters is 1. The number of likely N-dealkylation sites (tertiary alicyclic amines) is 1. The van der Waals surface area contributed by atoms with E-state index in [0.29, 0.717) is 31.9 Å². The lowest BCUT2D eigenvalue weighted by molar-refractivity contribution is 0.0174. The average Bonchev–Trinajstić information content (AvgIpc) is 3.06. The molecule has 7 nitrogen and oxygen atoms in total. The van der Waals surface area contributed by atoms with Crippen molar-refractivity contribution in [2.45, 2.75) is 45.5 Å². The number of furan rings is 1. The van der Waals surface area contributed by atoms with Gasteiger partial charge in [-0.15, -0.1) is 0 Å². The zero-order valence-corrected chi connectivity index (χ0v) is 14.0. The molecule has 0 aromatic carbocycles. The first-order valence-electron chi connectivity index (χ1n) is 7.55. The molecular formula is C16H23NO6. The van der Waals surface area contributed by atoms with E-state index in [2.05, 4.69) is 0 Å². The Balaban J connectivity index is 1.84. The topological polar surface area (TPSA) is 78.2 Å². The van der Waals surface area contributed by atoms with E-state index in [1.165, 1.54) is 0 Å². The van der Waals surface area contributed by atoms with Crippen molar-refractivity contribution in [3.63, 3.8) is 0 Å². The number of methoxy groups -OCH3 is 1. The molecule has 128 valence electrons. The fourth-order valence-corrected chi connectivity index (χ4v) is 2.23. The molecule has 0 bridgehead atoms. The Hall–Kier alpha value is -2.02. The summed E-state index contributed by atoms with van der Waals surface area (Å²) in [5, 5.41) is 0. The largest absolute Gasteiger partial charge is 0.455 e. The first-order valence-corrected chi connectivity index (χ1v) is 7.55. The molecule has 2 rings (SSSR count). The predicted octanol–water partition coefficient (Wildman–Crippen LogP) is 2.59. The van der Waals surface area contributed by atoms with Crippen molar-refractivity contribution in [3.05, 3.63) is 23.7 Å². The van der Waals surface area contributed by atoms with E-state index < -0.39 is 17.7 Å². The molecule has 0 saturated carbocycles. The van der Waals surface area contributed by atoms with Crippen LogP contribution in [0.3, 0.4) is 0 Å². The third kappa shape index (κ3) is 4.99. The van der Waals surface area contributed by atoms with E-state index in [1.807, 2.05) is 20.8 Å². The maximum atomic E-state index is 12.0. The molecule has 1 fully saturated rings. The van der Waals surface area contributed by atoms with Gasteiger partial charge in [0.15, 0.2) is 0 Å². The second-order valence-corrected chi connectivity index (χ2v) is 6.44. The summed E-state index contributed by atoms with van der Waals surface area (Å²) in [6.07, 6.45) is -0.168. The Morgan fingerprint density at radius 3 is 2.74 bits per heavy atom. The van der Waals surface area contributed by atoms with Crippen LogP contribution in [0.1, 0.15) is 43.5 Å². The van der Waals surface area contributed by atoms with E-state index in [4.69, 9.17) is 18.6 Å². The van der Waals surface area contributed by atoms with Crippen molar-refractivity contribution in [3.8, 4) is 0 Å². The van der Waals surface area contributed by atoms with Crippen LogP contribution < -0.4 is 0 Å². The molecule has 0 N–H and O–H groups in total. The zero-order chi connectivity index (χ0) is 17.0. The summed E-state index contributed by atoms with van der Waals surface area (Å²) in [5.41, 5.74) is -0.544. The zero-order valence-electron chi connectivity index (χ0n) is 14.0. The molecule has 1 saturated heterocycles. The Bertz CT molecular complexity index is 559. The minimum atomic E-state index is -0.544. The molecule has 2 heterocycles. The van der Waals surface area contributed by atoms with Crippen LogP contribution in [0.25, 0.3) is 0 Å². The average molecular weight is 325 g/mol. The second kappa shape index (κ2) is 7.04. The monoisotopic (exact) mass is 325 g/mol. The molecule has 1 amide bonds. The number of carbonyl (C=O) groups is 2. The van der Waals surface area contributed by atoms with Crippen LogP contribution in [0.5, 0.6) is 0 Å². The summed E-state index contributed by atoms with van der Waals surface area (Å²) >= 11 is 0. The lowest BCUT2D eigenvalue weighted by Gasteiger charge is -2.24. The standard InChI is InChI=1S/C16H23NO6/c1-16(2,3)23-15(19)17-8-7-11(9-17)22-14(18)13-6-5-12(21-13)10-20-4/h5-6,11H,7-10H2,1-4H3/t11-/m0/s1. The molecular weight excluding hydrogens is 302 g/mol. The number of ether oxygens (including phenoxy) is 3. The number of carbonyl (C=O) groups excluding carboxylic acids is 2. The van der Waals surface area contributed by atoms with Crippen LogP contribution in [0.15, 0.2) is 16.5 Å². The molecule has 0 radical (unpaired) electrons. The molecule has 23 heavy (non-hydrogen) atoms. The first kappa shape index (κ1) is 17.3. The van der Waals surface area contributed by atoms with Crippen molar-refractivity contribution < 1.29 is 28.2 Å². The highest BCUT2D eigenvalue weighted by molar-refractivity contribution is 5.86. The van der Waals surface area contributed by atoms with E-state index in [9.17, 15) is 9.59 Å². The fourth-order valence-electron chi connectivity index (χ4n) is 2.23. The summed E-state index contributed by atoms with van der Waals surface area (Å²) in [4.78, 5) is 25.5. The van der Waals surface area contributed by atoms with Gasteiger partial charge in [0, 0.05) is 20.1 Å². The van der Waals surface area contributed by atoms with Gasteiger partial charge in [-0.25, -0.2) is 9.59 Å². The van der Waals surface area contributed by atoms with Crippen LogP contribution in [-0.4, -0.2) is 48.9 Å². The molecule has 1 atom stereocenters. The molecule has 1 aliphatic rings. The Labute approximate surface area is 135 Å². The van der Waals surface area contributed by atoms with Crippen molar-refractivity contribution >= 4 is 12.1 Å². The van der Waals surface area contributed by atoms with E-state index in [-0.39, 0.29) is 11.9 Å². The van der Waals surface area contributed by atoms with Gasteiger partial charge in [0.25, 0.3) is 0 Å². The van der Waals surface area contributed by atoms with Crippen molar-refractivity contribution in [1.29, 1.82) is 0 Å². The van der Waals surface area contributed by atoms with Gasteiger partial charge in [-0.2, -0.15) is 0 Å². The minimum Gasteiger partial charge on any atom is -0.455 e. The summed E-state index contributed by atoms with van der Waals surface area (Å²) in [7, 11) is 1.55. The molecule has 1 aliphatic heterocycles. The highest BCUT2D eigenvalue weighted by Gasteiger charge is 2.32. The summed E-state index contributed by atoms with van der Waals surface area (Å²) < 4.78 is 20.9. The molecule has 0 aliphatic carbocycles. The van der Waals surface area contributed by atoms with Crippen molar-refractivity contribution in [2.24, 2.45) is 0 Å². The molecule has 0 unspecified atom stereocenters. The van der Waals surface area contributed by atoms with Crippen LogP contribution in [0.4, 0.5) is 4.79 Å². The summed E-state index contributed by atoms with van der Waals surface area (Å²) in [5.74, 6) is 0.150. The van der Waals surface area contributed by atoms with Gasteiger partial charge in [-0.05, 0) is 32.9 Å². The summed E-state index contributed by atoms with van der Waals surface area (Å²) in [6, 6.07) is 3.22. The third-order valence-electron chi connectivity index (χ3n) is 3.22. The summed E-state index contributed by atoms with van der Waals surface area (Å²) in [6.45, 7) is 6.56. The molecule has 0 spiro atoms. The van der Waals surface area contributed by atoms with Crippen molar-refractivity contribution in [2.75, 3.05) is 20.2 Å². The minimum absolute atomic E-state index is 0.132. The van der Waals surface area contributed by atoms with Crippen LogP contribution in [0.2, 0.25) is 0 Å². The number of rotatable bonds is 4. The maximum Gasteiger partial charge on any atom is 0.410 e. The third-order valence-corrected chi connectivity index (χ3v) is 3.22. The van der Waals surface area contributed by atoms with E-state index >= 15 is 0 Å². The number of hydrogen-bond donors (Lipinski definition) is 0. The Kier molecular flexibility index (Phi) is 5.30. The first-order chi connectivity index (χ1) is 10.8. The van der Waals surface area contributed by atoms with Gasteiger partial charge in [-0.1, -0.05) is 0 Å². The van der Waals surface area contributed by atoms with E-state index in [0.717, 1.165) is 0 Å². The predicted molar refractivity (Wildman–Crippen MR) is 81.0 cm³/mol. The van der Waals surface area contributed by atoms with Crippen LogP contribution in [0, 0.1) is 0 Å². The lowest BCUT2D eigenvalue weighted by atomic mass is 10.2. The van der Waals surface area contributed by atoms with Gasteiger partial charge < -0.3 is 23.5 Å². The Morgan fingerprint density at radius 2 is 2.09 bits per heavy atom. The van der Waals surface area contributed by atoms with Crippen LogP contribution >= 0.6 is 0 Å². The van der Waals surface area contributed by atoms with Gasteiger partial charge in [0.2, 0.25) is 5.76 Å². The number of nitrogens with zero attached hydrogens (tertiary/aromatic N) is 1. The lowest BCUT2D eigenvalue weighted by Crippen LogP contribution is -2.36. The smallest absolute Gasteiger partial charge is 0.410 e. The number of amides is 1. The van der Waals surface area contributed by atoms with Gasteiger partial charge in [0.05, 0.1) is 6.54 Å². The van der Waals surface area contributed by atoms with Gasteiger partial charge >= 0.3 is 12.1 Å². The van der Waals surface area contributed by atoms with Crippen LogP contribution in [-0.2, 0) is 20.8 Å². The van der Waals surface area contributed by atoms with Gasteiger partial charge in [0.1, 0.15) is 24.1 Å².